The van der Waals surface area contributed by atoms with Gasteiger partial charge >= 0.3 is 6.18 Å². The number of aromatic nitrogens is 2. The number of halogens is 3. The Labute approximate surface area is 188 Å². The molecule has 1 amide bonds. The highest BCUT2D eigenvalue weighted by Gasteiger charge is 2.30. The minimum absolute atomic E-state index is 0.170. The molecule has 2 aromatic carbocycles. The molecule has 0 saturated heterocycles. The van der Waals surface area contributed by atoms with Crippen molar-refractivity contribution in [1.29, 1.82) is 0 Å². The second kappa shape index (κ2) is 10.4. The number of carbonyl (C=O) groups excluding carboxylic acids is 1. The van der Waals surface area contributed by atoms with Gasteiger partial charge in [-0.05, 0) is 48.9 Å². The topological polar surface area (TPSA) is 102 Å². The van der Waals surface area contributed by atoms with Crippen LogP contribution in [0.4, 0.5) is 18.9 Å². The molecule has 3 rings (SSSR count). The third-order valence-electron chi connectivity index (χ3n) is 4.42. The van der Waals surface area contributed by atoms with Gasteiger partial charge in [-0.15, -0.1) is 0 Å². The number of sulfonamides is 1. The van der Waals surface area contributed by atoms with E-state index in [4.69, 9.17) is 4.74 Å². The second-order valence-electron chi connectivity index (χ2n) is 6.95. The highest BCUT2D eigenvalue weighted by atomic mass is 32.2. The van der Waals surface area contributed by atoms with Crippen LogP contribution in [-0.4, -0.2) is 37.0 Å². The number of anilines is 1. The van der Waals surface area contributed by atoms with Crippen LogP contribution in [0, 0.1) is 0 Å². The molecule has 0 fully saturated rings. The van der Waals surface area contributed by atoms with Gasteiger partial charge in [-0.2, -0.15) is 13.2 Å². The van der Waals surface area contributed by atoms with Crippen molar-refractivity contribution in [2.24, 2.45) is 0 Å². The fraction of sp³-hybridized carbons (Fsp3) is 0.238. The van der Waals surface area contributed by atoms with Crippen LogP contribution in [0.1, 0.15) is 12.0 Å². The number of nitrogens with one attached hydrogen (secondary N) is 2. The molecule has 0 aliphatic rings. The molecule has 3 aromatic rings. The van der Waals surface area contributed by atoms with E-state index in [1.165, 1.54) is 30.3 Å². The molecule has 0 bridgehead atoms. The number of carbonyl (C=O) groups is 1. The van der Waals surface area contributed by atoms with Gasteiger partial charge in [0.05, 0.1) is 16.8 Å². The molecule has 0 aliphatic heterocycles. The monoisotopic (exact) mass is 482 g/mol. The predicted octanol–water partition coefficient (Wildman–Crippen LogP) is 3.29. The molecule has 1 aromatic heterocycles. The molecule has 2 N–H and O–H groups in total. The van der Waals surface area contributed by atoms with Crippen molar-refractivity contribution >= 4 is 21.6 Å². The van der Waals surface area contributed by atoms with E-state index in [1.807, 2.05) is 10.8 Å². The van der Waals surface area contributed by atoms with Gasteiger partial charge in [-0.1, -0.05) is 6.07 Å². The number of nitrogens with zero attached hydrogens (tertiary/aromatic N) is 2. The average molecular weight is 482 g/mol. The molecule has 12 heteroatoms. The van der Waals surface area contributed by atoms with Crippen LogP contribution in [0.5, 0.6) is 5.75 Å². The number of hydrogen-bond donors (Lipinski definition) is 2. The van der Waals surface area contributed by atoms with E-state index in [1.54, 1.807) is 12.5 Å². The first kappa shape index (κ1) is 24.1. The third kappa shape index (κ3) is 7.24. The number of benzene rings is 2. The van der Waals surface area contributed by atoms with Gasteiger partial charge in [0.1, 0.15) is 5.75 Å². The maximum absolute atomic E-state index is 12.8. The zero-order valence-corrected chi connectivity index (χ0v) is 18.1. The van der Waals surface area contributed by atoms with Crippen LogP contribution in [0.2, 0.25) is 0 Å². The van der Waals surface area contributed by atoms with Gasteiger partial charge in [-0.3, -0.25) is 9.52 Å². The normalized spacial score (nSPS) is 11.7. The fourth-order valence-corrected chi connectivity index (χ4v) is 3.85. The zero-order chi connectivity index (χ0) is 23.9. The first-order valence-corrected chi connectivity index (χ1v) is 11.3. The largest absolute Gasteiger partial charge is 0.484 e. The molecule has 8 nitrogen and oxygen atoms in total. The lowest BCUT2D eigenvalue weighted by atomic mass is 10.2. The Morgan fingerprint density at radius 2 is 1.88 bits per heavy atom. The molecule has 0 atom stereocenters. The van der Waals surface area contributed by atoms with Crippen molar-refractivity contribution in [1.82, 2.24) is 14.9 Å². The summed E-state index contributed by atoms with van der Waals surface area (Å²) < 4.78 is 72.7. The molecule has 0 spiro atoms. The lowest BCUT2D eigenvalue weighted by Gasteiger charge is -2.12. The van der Waals surface area contributed by atoms with Gasteiger partial charge in [0, 0.05) is 31.2 Å². The number of hydrogen-bond acceptors (Lipinski definition) is 5. The maximum atomic E-state index is 12.8. The van der Waals surface area contributed by atoms with E-state index in [-0.39, 0.29) is 28.8 Å². The highest BCUT2D eigenvalue weighted by molar-refractivity contribution is 7.92. The number of rotatable bonds is 10. The third-order valence-corrected chi connectivity index (χ3v) is 5.82. The highest BCUT2D eigenvalue weighted by Crippen LogP contribution is 2.31. The van der Waals surface area contributed by atoms with Crippen LogP contribution >= 0.6 is 0 Å². The van der Waals surface area contributed by atoms with E-state index in [9.17, 15) is 26.4 Å². The number of imidazole rings is 1. The van der Waals surface area contributed by atoms with Crippen LogP contribution < -0.4 is 14.8 Å². The molecule has 0 unspecified atom stereocenters. The van der Waals surface area contributed by atoms with E-state index in [0.717, 1.165) is 12.1 Å². The molecular formula is C21H21F3N4O4S. The summed E-state index contributed by atoms with van der Waals surface area (Å²) in [6, 6.07) is 9.06. The van der Waals surface area contributed by atoms with E-state index >= 15 is 0 Å². The summed E-state index contributed by atoms with van der Waals surface area (Å²) in [6.07, 6.45) is 1.30. The van der Waals surface area contributed by atoms with Crippen molar-refractivity contribution in [2.75, 3.05) is 17.9 Å². The summed E-state index contributed by atoms with van der Waals surface area (Å²) in [6.45, 7) is 0.921. The van der Waals surface area contributed by atoms with Crippen LogP contribution in [0.25, 0.3) is 0 Å². The summed E-state index contributed by atoms with van der Waals surface area (Å²) in [5, 5.41) is 2.71. The first-order chi connectivity index (χ1) is 15.6. The van der Waals surface area contributed by atoms with Gasteiger partial charge in [0.2, 0.25) is 0 Å². The molecule has 176 valence electrons. The molecule has 33 heavy (non-hydrogen) atoms. The zero-order valence-electron chi connectivity index (χ0n) is 17.2. The number of ether oxygens (including phenoxy) is 1. The Hall–Kier alpha value is -3.54. The SMILES string of the molecule is O=C(COc1ccc(S(=O)(=O)Nc2cccc(C(F)(F)F)c2)cc1)NCCCn1ccnc1. The smallest absolute Gasteiger partial charge is 0.416 e. The van der Waals surface area contributed by atoms with Gasteiger partial charge in [0.15, 0.2) is 6.61 Å². The minimum Gasteiger partial charge on any atom is -0.484 e. The Balaban J connectivity index is 1.49. The van der Waals surface area contributed by atoms with E-state index < -0.39 is 21.8 Å². The number of amides is 1. The van der Waals surface area contributed by atoms with Gasteiger partial charge < -0.3 is 14.6 Å². The van der Waals surface area contributed by atoms with Crippen LogP contribution in [-0.2, 0) is 27.5 Å². The van der Waals surface area contributed by atoms with Crippen LogP contribution in [0.3, 0.4) is 0 Å². The van der Waals surface area contributed by atoms with Gasteiger partial charge in [-0.25, -0.2) is 13.4 Å². The second-order valence-corrected chi connectivity index (χ2v) is 8.63. The van der Waals surface area contributed by atoms with Crippen LogP contribution in [0.15, 0.2) is 72.1 Å². The summed E-state index contributed by atoms with van der Waals surface area (Å²) in [4.78, 5) is 15.6. The van der Waals surface area contributed by atoms with Crippen molar-refractivity contribution in [3.8, 4) is 5.75 Å². The molecule has 1 heterocycles. The Kier molecular flexibility index (Phi) is 7.59. The van der Waals surface area contributed by atoms with Gasteiger partial charge in [0.25, 0.3) is 15.9 Å². The predicted molar refractivity (Wildman–Crippen MR) is 114 cm³/mol. The van der Waals surface area contributed by atoms with Crippen molar-refractivity contribution in [3.05, 3.63) is 72.8 Å². The maximum Gasteiger partial charge on any atom is 0.416 e. The first-order valence-electron chi connectivity index (χ1n) is 9.79. The van der Waals surface area contributed by atoms with Crippen molar-refractivity contribution in [2.45, 2.75) is 24.0 Å². The summed E-state index contributed by atoms with van der Waals surface area (Å²) in [7, 11) is -4.12. The summed E-state index contributed by atoms with van der Waals surface area (Å²) >= 11 is 0. The standard InChI is InChI=1S/C21H21F3N4O4S/c22-21(23,24)16-3-1-4-17(13-16)27-33(30,31)19-7-5-18(6-8-19)32-14-20(29)26-9-2-11-28-12-10-25-15-28/h1,3-8,10,12-13,15,27H,2,9,11,14H2,(H,26,29). The molecule has 0 radical (unpaired) electrons. The molecular weight excluding hydrogens is 461 g/mol. The Morgan fingerprint density at radius 1 is 1.12 bits per heavy atom. The number of aryl methyl sites for hydroxylation is 1. The number of alkyl halides is 3. The lowest BCUT2D eigenvalue weighted by molar-refractivity contribution is -0.137. The molecule has 0 saturated carbocycles. The van der Waals surface area contributed by atoms with Crippen molar-refractivity contribution < 1.29 is 31.1 Å². The molecule has 0 aliphatic carbocycles. The minimum atomic E-state index is -4.59. The van der Waals surface area contributed by atoms with E-state index in [2.05, 4.69) is 15.0 Å². The average Bonchev–Trinajstić information content (AvgIpc) is 3.28. The summed E-state index contributed by atoms with van der Waals surface area (Å²) in [5.41, 5.74) is -1.18. The fourth-order valence-electron chi connectivity index (χ4n) is 2.80. The van der Waals surface area contributed by atoms with Crippen molar-refractivity contribution in [3.63, 3.8) is 0 Å². The summed E-state index contributed by atoms with van der Waals surface area (Å²) in [5.74, 6) is -0.0647. The lowest BCUT2D eigenvalue weighted by Crippen LogP contribution is -2.30. The van der Waals surface area contributed by atoms with E-state index in [0.29, 0.717) is 25.6 Å². The quantitative estimate of drug-likeness (QED) is 0.432. The Morgan fingerprint density at radius 3 is 2.55 bits per heavy atom. The Bertz CT molecular complexity index is 1160.